The number of carbonyl (C=O) groups excluding carboxylic acids is 1. The minimum absolute atomic E-state index is 0.0193. The molecule has 1 saturated heterocycles. The number of halogens is 1. The van der Waals surface area contributed by atoms with E-state index < -0.39 is 29.6 Å². The summed E-state index contributed by atoms with van der Waals surface area (Å²) in [5.74, 6) is -0.540. The average molecular weight is 483 g/mol. The molecule has 0 aliphatic carbocycles. The number of nitrogens with one attached hydrogen (secondary N) is 1. The molecule has 2 N–H and O–H groups in total. The zero-order valence-electron chi connectivity index (χ0n) is 18.2. The molecule has 2 aliphatic rings. The van der Waals surface area contributed by atoms with Crippen LogP contribution in [0.25, 0.3) is 11.5 Å². The number of nitrogens with zero attached hydrogens (tertiary/aromatic N) is 3. The van der Waals surface area contributed by atoms with Crippen molar-refractivity contribution in [3.8, 4) is 23.0 Å². The molecular formula is C20H23ClN4O8. The number of ether oxygens (including phenoxy) is 3. The molecule has 12 nitrogen and oxygen atoms in total. The van der Waals surface area contributed by atoms with E-state index in [2.05, 4.69) is 10.4 Å². The van der Waals surface area contributed by atoms with Crippen molar-refractivity contribution in [2.75, 3.05) is 31.6 Å². The Morgan fingerprint density at radius 1 is 1.27 bits per heavy atom. The van der Waals surface area contributed by atoms with Gasteiger partial charge in [-0.25, -0.2) is 14.4 Å². The summed E-state index contributed by atoms with van der Waals surface area (Å²) < 4.78 is 23.1. The molecule has 0 radical (unpaired) electrons. The van der Waals surface area contributed by atoms with Crippen LogP contribution in [0.1, 0.15) is 33.2 Å². The van der Waals surface area contributed by atoms with Crippen molar-refractivity contribution < 1.29 is 33.3 Å². The van der Waals surface area contributed by atoms with E-state index in [4.69, 9.17) is 35.3 Å². The average Bonchev–Trinajstić information content (AvgIpc) is 3.35. The van der Waals surface area contributed by atoms with E-state index in [0.29, 0.717) is 13.0 Å². The third-order valence-electron chi connectivity index (χ3n) is 4.96. The second-order valence-electron chi connectivity index (χ2n) is 8.55. The maximum absolute atomic E-state index is 12.6. The maximum atomic E-state index is 12.6. The molecular weight excluding hydrogens is 460 g/mol. The molecule has 1 aromatic heterocycles. The van der Waals surface area contributed by atoms with Gasteiger partial charge in [-0.2, -0.15) is 4.68 Å². The molecule has 0 saturated carbocycles. The van der Waals surface area contributed by atoms with Gasteiger partial charge in [-0.05, 0) is 33.3 Å². The van der Waals surface area contributed by atoms with Crippen molar-refractivity contribution >= 4 is 29.5 Å². The van der Waals surface area contributed by atoms with Crippen molar-refractivity contribution in [2.45, 2.75) is 38.8 Å². The number of fused-ring (bicyclic) bond motifs is 1. The molecule has 4 rings (SSSR count). The number of benzene rings is 1. The monoisotopic (exact) mass is 482 g/mol. The summed E-state index contributed by atoms with van der Waals surface area (Å²) in [5.41, 5.74) is -0.369. The van der Waals surface area contributed by atoms with Gasteiger partial charge in [0.05, 0.1) is 16.6 Å². The molecule has 1 unspecified atom stereocenters. The second kappa shape index (κ2) is 8.50. The SMILES string of the molecule is CC(C)(C)OC(=O)N1CCC(n2nc(-c3cc(Cl)c(NC(=O)O)c4c3OCCO4)oc2=O)C1. The summed E-state index contributed by atoms with van der Waals surface area (Å²) in [4.78, 5) is 37.6. The number of carbonyl (C=O) groups is 2. The number of rotatable bonds is 3. The summed E-state index contributed by atoms with van der Waals surface area (Å²) in [6.45, 7) is 6.36. The van der Waals surface area contributed by atoms with Crippen LogP contribution in [0.4, 0.5) is 15.3 Å². The molecule has 0 bridgehead atoms. The Labute approximate surface area is 193 Å². The van der Waals surface area contributed by atoms with Crippen molar-refractivity contribution in [1.29, 1.82) is 0 Å². The standard InChI is InChI=1S/C20H23ClN4O8/c1-20(2,3)33-18(28)24-5-4-10(9-24)25-19(29)32-16(23-25)11-8-12(21)13(22-17(26)27)15-14(11)30-6-7-31-15/h8,10,22H,4-7,9H2,1-3H3,(H,26,27). The topological polar surface area (TPSA) is 145 Å². The number of aromatic nitrogens is 2. The lowest BCUT2D eigenvalue weighted by atomic mass is 10.1. The first-order valence-corrected chi connectivity index (χ1v) is 10.6. The van der Waals surface area contributed by atoms with Gasteiger partial charge in [-0.1, -0.05) is 11.6 Å². The van der Waals surface area contributed by atoms with Gasteiger partial charge in [0.15, 0.2) is 11.5 Å². The Morgan fingerprint density at radius 3 is 2.64 bits per heavy atom. The Kier molecular flexibility index (Phi) is 5.87. The molecule has 3 heterocycles. The van der Waals surface area contributed by atoms with E-state index in [9.17, 15) is 14.4 Å². The van der Waals surface area contributed by atoms with Gasteiger partial charge >= 0.3 is 17.9 Å². The fourth-order valence-corrected chi connectivity index (χ4v) is 3.86. The minimum atomic E-state index is -1.33. The highest BCUT2D eigenvalue weighted by atomic mass is 35.5. The van der Waals surface area contributed by atoms with E-state index in [1.165, 1.54) is 15.6 Å². The summed E-state index contributed by atoms with van der Waals surface area (Å²) >= 11 is 6.27. The fraction of sp³-hybridized carbons (Fsp3) is 0.500. The van der Waals surface area contributed by atoms with E-state index in [-0.39, 0.29) is 53.4 Å². The molecule has 33 heavy (non-hydrogen) atoms. The summed E-state index contributed by atoms with van der Waals surface area (Å²) in [7, 11) is 0. The summed E-state index contributed by atoms with van der Waals surface area (Å²) in [5, 5.41) is 15.6. The first-order valence-electron chi connectivity index (χ1n) is 10.2. The van der Waals surface area contributed by atoms with E-state index in [0.717, 1.165) is 0 Å². The highest BCUT2D eigenvalue weighted by Gasteiger charge is 2.34. The van der Waals surface area contributed by atoms with Crippen LogP contribution >= 0.6 is 11.6 Å². The van der Waals surface area contributed by atoms with Crippen LogP contribution in [0.15, 0.2) is 15.3 Å². The predicted octanol–water partition coefficient (Wildman–Crippen LogP) is 3.20. The molecule has 2 aliphatic heterocycles. The zero-order valence-corrected chi connectivity index (χ0v) is 19.0. The molecule has 1 fully saturated rings. The summed E-state index contributed by atoms with van der Waals surface area (Å²) in [6, 6.07) is 0.983. The van der Waals surface area contributed by atoms with Gasteiger partial charge < -0.3 is 28.6 Å². The van der Waals surface area contributed by atoms with E-state index in [1.807, 2.05) is 0 Å². The van der Waals surface area contributed by atoms with Crippen LogP contribution in [-0.2, 0) is 4.74 Å². The van der Waals surface area contributed by atoms with Gasteiger partial charge in [0.25, 0.3) is 5.89 Å². The van der Waals surface area contributed by atoms with Crippen LogP contribution < -0.4 is 20.5 Å². The number of hydrogen-bond donors (Lipinski definition) is 2. The Hall–Kier alpha value is -3.41. The smallest absolute Gasteiger partial charge is 0.437 e. The van der Waals surface area contributed by atoms with Crippen LogP contribution in [0, 0.1) is 0 Å². The zero-order chi connectivity index (χ0) is 23.9. The number of likely N-dealkylation sites (tertiary alicyclic amines) is 1. The van der Waals surface area contributed by atoms with Crippen molar-refractivity contribution in [3.05, 3.63) is 21.6 Å². The number of anilines is 1. The molecule has 1 aromatic carbocycles. The van der Waals surface area contributed by atoms with Crippen LogP contribution in [0.2, 0.25) is 5.02 Å². The first kappa shape index (κ1) is 22.8. The second-order valence-corrected chi connectivity index (χ2v) is 8.96. The summed E-state index contributed by atoms with van der Waals surface area (Å²) in [6.07, 6.45) is -1.30. The van der Waals surface area contributed by atoms with E-state index >= 15 is 0 Å². The van der Waals surface area contributed by atoms with Crippen molar-refractivity contribution in [2.24, 2.45) is 0 Å². The minimum Gasteiger partial charge on any atom is -0.485 e. The lowest BCUT2D eigenvalue weighted by molar-refractivity contribution is 0.0288. The third-order valence-corrected chi connectivity index (χ3v) is 5.25. The Bertz CT molecular complexity index is 1150. The lowest BCUT2D eigenvalue weighted by Gasteiger charge is -2.24. The largest absolute Gasteiger partial charge is 0.485 e. The van der Waals surface area contributed by atoms with Crippen LogP contribution in [0.5, 0.6) is 11.5 Å². The van der Waals surface area contributed by atoms with Crippen LogP contribution in [0.3, 0.4) is 0 Å². The number of hydrogen-bond acceptors (Lipinski definition) is 8. The van der Waals surface area contributed by atoms with Gasteiger partial charge in [0.1, 0.15) is 24.5 Å². The first-order chi connectivity index (χ1) is 15.5. The molecule has 0 spiro atoms. The number of amides is 2. The highest BCUT2D eigenvalue weighted by molar-refractivity contribution is 6.34. The highest BCUT2D eigenvalue weighted by Crippen LogP contribution is 2.48. The normalized spacial score (nSPS) is 17.7. The molecule has 13 heteroatoms. The molecule has 178 valence electrons. The maximum Gasteiger partial charge on any atom is 0.437 e. The quantitative estimate of drug-likeness (QED) is 0.673. The fourth-order valence-electron chi connectivity index (χ4n) is 3.62. The lowest BCUT2D eigenvalue weighted by Crippen LogP contribution is -2.36. The van der Waals surface area contributed by atoms with Crippen LogP contribution in [-0.4, -0.2) is 63.9 Å². The predicted molar refractivity (Wildman–Crippen MR) is 115 cm³/mol. The Morgan fingerprint density at radius 2 is 1.97 bits per heavy atom. The molecule has 1 atom stereocenters. The third kappa shape index (κ3) is 4.70. The Balaban J connectivity index is 1.63. The van der Waals surface area contributed by atoms with Gasteiger partial charge in [-0.15, -0.1) is 5.10 Å². The molecule has 2 aromatic rings. The van der Waals surface area contributed by atoms with Gasteiger partial charge in [-0.3, -0.25) is 5.32 Å². The number of carboxylic acid groups (broad SMARTS) is 1. The van der Waals surface area contributed by atoms with E-state index in [1.54, 1.807) is 20.8 Å². The van der Waals surface area contributed by atoms with Crippen molar-refractivity contribution in [3.63, 3.8) is 0 Å². The molecule has 2 amide bonds. The van der Waals surface area contributed by atoms with Crippen molar-refractivity contribution in [1.82, 2.24) is 14.7 Å². The van der Waals surface area contributed by atoms with Gasteiger partial charge in [0, 0.05) is 13.1 Å². The van der Waals surface area contributed by atoms with Gasteiger partial charge in [0.2, 0.25) is 0 Å².